The van der Waals surface area contributed by atoms with Crippen LogP contribution in [-0.2, 0) is 11.2 Å². The Morgan fingerprint density at radius 1 is 0.923 bits per heavy atom. The van der Waals surface area contributed by atoms with Crippen LogP contribution in [0.4, 0.5) is 5.82 Å². The summed E-state index contributed by atoms with van der Waals surface area (Å²) >= 11 is 5.98. The van der Waals surface area contributed by atoms with E-state index in [0.717, 1.165) is 29.9 Å². The van der Waals surface area contributed by atoms with Crippen LogP contribution in [0.25, 0.3) is 10.8 Å². The Hall–Kier alpha value is -2.59. The Kier molecular flexibility index (Phi) is 4.76. The monoisotopic (exact) mass is 365 g/mol. The van der Waals surface area contributed by atoms with Crippen molar-refractivity contribution in [3.63, 3.8) is 0 Å². The summed E-state index contributed by atoms with van der Waals surface area (Å²) in [5.74, 6) is 1.05. The molecule has 26 heavy (non-hydrogen) atoms. The molecule has 1 aliphatic rings. The largest absolute Gasteiger partial charge is 0.353 e. The number of amides is 1. The lowest BCUT2D eigenvalue weighted by Crippen LogP contribution is -2.49. The van der Waals surface area contributed by atoms with E-state index in [0.29, 0.717) is 24.7 Å². The fourth-order valence-corrected chi connectivity index (χ4v) is 3.64. The predicted molar refractivity (Wildman–Crippen MR) is 106 cm³/mol. The van der Waals surface area contributed by atoms with Gasteiger partial charge in [-0.15, -0.1) is 0 Å². The average molecular weight is 366 g/mol. The highest BCUT2D eigenvalue weighted by Gasteiger charge is 2.22. The number of carbonyl (C=O) groups excluding carboxylic acids is 1. The Morgan fingerprint density at radius 3 is 2.46 bits per heavy atom. The minimum Gasteiger partial charge on any atom is -0.353 e. The lowest BCUT2D eigenvalue weighted by molar-refractivity contribution is -0.130. The van der Waals surface area contributed by atoms with E-state index < -0.39 is 0 Å². The topological polar surface area (TPSA) is 36.4 Å². The Bertz CT molecular complexity index is 930. The van der Waals surface area contributed by atoms with Crippen molar-refractivity contribution >= 4 is 34.1 Å². The maximum atomic E-state index is 12.8. The van der Waals surface area contributed by atoms with Crippen LogP contribution in [0.2, 0.25) is 5.15 Å². The first-order valence-electron chi connectivity index (χ1n) is 8.82. The van der Waals surface area contributed by atoms with Gasteiger partial charge >= 0.3 is 0 Å². The fourth-order valence-electron chi connectivity index (χ4n) is 3.48. The molecule has 0 atom stereocenters. The second-order valence-corrected chi connectivity index (χ2v) is 6.89. The fraction of sp³-hybridized carbons (Fsp3) is 0.238. The van der Waals surface area contributed by atoms with Crippen LogP contribution in [0.1, 0.15) is 5.56 Å². The summed E-state index contributed by atoms with van der Waals surface area (Å²) < 4.78 is 0. The average Bonchev–Trinajstić information content (AvgIpc) is 2.68. The molecule has 0 N–H and O–H groups in total. The van der Waals surface area contributed by atoms with E-state index in [2.05, 4.69) is 28.1 Å². The number of hydrogen-bond donors (Lipinski definition) is 0. The molecular formula is C21H20ClN3O. The van der Waals surface area contributed by atoms with Crippen molar-refractivity contribution < 1.29 is 4.79 Å². The van der Waals surface area contributed by atoms with Gasteiger partial charge in [-0.3, -0.25) is 4.79 Å². The third kappa shape index (κ3) is 3.51. The van der Waals surface area contributed by atoms with E-state index >= 15 is 0 Å². The van der Waals surface area contributed by atoms with E-state index in [-0.39, 0.29) is 5.91 Å². The Balaban J connectivity index is 1.42. The van der Waals surface area contributed by atoms with Crippen LogP contribution in [0, 0.1) is 0 Å². The summed E-state index contributed by atoms with van der Waals surface area (Å²) in [7, 11) is 0. The van der Waals surface area contributed by atoms with Crippen LogP contribution >= 0.6 is 11.6 Å². The van der Waals surface area contributed by atoms with Gasteiger partial charge in [0, 0.05) is 26.2 Å². The molecule has 0 bridgehead atoms. The van der Waals surface area contributed by atoms with Crippen LogP contribution < -0.4 is 4.90 Å². The van der Waals surface area contributed by atoms with Gasteiger partial charge < -0.3 is 9.80 Å². The zero-order valence-corrected chi connectivity index (χ0v) is 15.2. The lowest BCUT2D eigenvalue weighted by Gasteiger charge is -2.35. The summed E-state index contributed by atoms with van der Waals surface area (Å²) in [5, 5.41) is 2.83. The molecule has 132 valence electrons. The summed E-state index contributed by atoms with van der Waals surface area (Å²) in [6, 6.07) is 20.0. The predicted octanol–water partition coefficient (Wildman–Crippen LogP) is 3.78. The molecule has 2 heterocycles. The quantitative estimate of drug-likeness (QED) is 0.663. The standard InChI is InChI=1S/C21H20ClN3O/c22-19-9-4-10-20(23-19)24-11-13-25(14-12-24)21(26)15-17-7-3-6-16-5-1-2-8-18(16)17/h1-10H,11-15H2. The van der Waals surface area contributed by atoms with Gasteiger partial charge in [-0.05, 0) is 28.5 Å². The summed E-state index contributed by atoms with van der Waals surface area (Å²) in [6.45, 7) is 2.96. The molecular weight excluding hydrogens is 346 g/mol. The molecule has 4 rings (SSSR count). The number of rotatable bonds is 3. The number of benzene rings is 2. The number of hydrogen-bond acceptors (Lipinski definition) is 3. The third-order valence-electron chi connectivity index (χ3n) is 4.88. The lowest BCUT2D eigenvalue weighted by atomic mass is 10.0. The molecule has 3 aromatic rings. The van der Waals surface area contributed by atoms with Gasteiger partial charge in [0.25, 0.3) is 0 Å². The number of pyridine rings is 1. The summed E-state index contributed by atoms with van der Waals surface area (Å²) in [4.78, 5) is 21.3. The van der Waals surface area contributed by atoms with Crippen LogP contribution in [0.15, 0.2) is 60.7 Å². The van der Waals surface area contributed by atoms with E-state index in [1.165, 1.54) is 5.39 Å². The van der Waals surface area contributed by atoms with Gasteiger partial charge in [-0.25, -0.2) is 4.98 Å². The normalized spacial score (nSPS) is 14.7. The highest BCUT2D eigenvalue weighted by atomic mass is 35.5. The number of piperazine rings is 1. The van der Waals surface area contributed by atoms with Crippen LogP contribution in [0.3, 0.4) is 0 Å². The van der Waals surface area contributed by atoms with Crippen molar-refractivity contribution in [3.05, 3.63) is 71.4 Å². The molecule has 1 saturated heterocycles. The second kappa shape index (κ2) is 7.34. The van der Waals surface area contributed by atoms with Crippen LogP contribution in [-0.4, -0.2) is 42.0 Å². The van der Waals surface area contributed by atoms with Gasteiger partial charge in [0.1, 0.15) is 11.0 Å². The molecule has 2 aromatic carbocycles. The highest BCUT2D eigenvalue weighted by Crippen LogP contribution is 2.21. The van der Waals surface area contributed by atoms with E-state index in [4.69, 9.17) is 11.6 Å². The molecule has 0 radical (unpaired) electrons. The summed E-state index contributed by atoms with van der Waals surface area (Å²) in [6.07, 6.45) is 0.441. The number of anilines is 1. The Morgan fingerprint density at radius 2 is 1.65 bits per heavy atom. The Labute approximate surface area is 158 Å². The SMILES string of the molecule is O=C(Cc1cccc2ccccc12)N1CCN(c2cccc(Cl)n2)CC1. The molecule has 1 aromatic heterocycles. The van der Waals surface area contributed by atoms with Crippen molar-refractivity contribution in [3.8, 4) is 0 Å². The molecule has 0 spiro atoms. The minimum absolute atomic E-state index is 0.181. The van der Waals surface area contributed by atoms with Gasteiger partial charge in [0.2, 0.25) is 5.91 Å². The summed E-state index contributed by atoms with van der Waals surface area (Å²) in [5.41, 5.74) is 1.09. The van der Waals surface area contributed by atoms with Crippen molar-refractivity contribution in [1.82, 2.24) is 9.88 Å². The maximum Gasteiger partial charge on any atom is 0.227 e. The number of halogens is 1. The first-order chi connectivity index (χ1) is 12.7. The number of nitrogens with zero attached hydrogens (tertiary/aromatic N) is 3. The zero-order chi connectivity index (χ0) is 17.9. The van der Waals surface area contributed by atoms with Gasteiger partial charge in [0.05, 0.1) is 6.42 Å². The maximum absolute atomic E-state index is 12.8. The molecule has 5 heteroatoms. The van der Waals surface area contributed by atoms with E-state index in [9.17, 15) is 4.79 Å². The van der Waals surface area contributed by atoms with Gasteiger partial charge in [0.15, 0.2) is 0 Å². The molecule has 1 fully saturated rings. The molecule has 4 nitrogen and oxygen atoms in total. The number of carbonyl (C=O) groups is 1. The van der Waals surface area contributed by atoms with Crippen LogP contribution in [0.5, 0.6) is 0 Å². The first kappa shape index (κ1) is 16.9. The number of fused-ring (bicyclic) bond motifs is 1. The van der Waals surface area contributed by atoms with Crippen molar-refractivity contribution in [2.75, 3.05) is 31.1 Å². The van der Waals surface area contributed by atoms with Crippen molar-refractivity contribution in [2.24, 2.45) is 0 Å². The minimum atomic E-state index is 0.181. The van der Waals surface area contributed by atoms with Gasteiger partial charge in [-0.2, -0.15) is 0 Å². The molecule has 1 amide bonds. The van der Waals surface area contributed by atoms with E-state index in [1.807, 2.05) is 41.3 Å². The molecule has 0 saturated carbocycles. The second-order valence-electron chi connectivity index (χ2n) is 6.50. The molecule has 0 unspecified atom stereocenters. The van der Waals surface area contributed by atoms with Gasteiger partial charge in [-0.1, -0.05) is 60.1 Å². The van der Waals surface area contributed by atoms with Crippen molar-refractivity contribution in [2.45, 2.75) is 6.42 Å². The number of aromatic nitrogens is 1. The highest BCUT2D eigenvalue weighted by molar-refractivity contribution is 6.29. The third-order valence-corrected chi connectivity index (χ3v) is 5.09. The zero-order valence-electron chi connectivity index (χ0n) is 14.4. The smallest absolute Gasteiger partial charge is 0.227 e. The van der Waals surface area contributed by atoms with Crippen molar-refractivity contribution in [1.29, 1.82) is 0 Å². The first-order valence-corrected chi connectivity index (χ1v) is 9.20. The molecule has 1 aliphatic heterocycles. The molecule has 0 aliphatic carbocycles. The van der Waals surface area contributed by atoms with E-state index in [1.54, 1.807) is 6.07 Å².